The van der Waals surface area contributed by atoms with Crippen LogP contribution in [0.3, 0.4) is 0 Å². The number of rotatable bonds is 3. The van der Waals surface area contributed by atoms with E-state index in [0.29, 0.717) is 22.4 Å². The maximum Gasteiger partial charge on any atom is 0.254 e. The van der Waals surface area contributed by atoms with Gasteiger partial charge in [-0.05, 0) is 31.0 Å². The molecule has 1 aliphatic heterocycles. The molecule has 2 atom stereocenters. The van der Waals surface area contributed by atoms with Gasteiger partial charge in [-0.15, -0.1) is 0 Å². The van der Waals surface area contributed by atoms with Gasteiger partial charge in [-0.3, -0.25) is 4.79 Å². The lowest BCUT2D eigenvalue weighted by molar-refractivity contribution is 0.0966. The van der Waals surface area contributed by atoms with Crippen molar-refractivity contribution in [1.29, 1.82) is 5.26 Å². The fourth-order valence-electron chi connectivity index (χ4n) is 4.41. The number of carbonyl (C=O) groups excluding carboxylic acids is 1. The van der Waals surface area contributed by atoms with Gasteiger partial charge in [0.1, 0.15) is 0 Å². The standard InChI is InChI=1S/C22H21FN6O/c23-19-15-10-26-22(30)18(15)20(28-21(19)27-17-4-2-1-3-16(17)25)13-8-14-7-12(9-24)5-6-29(14)11-13/h5-8,11,16-17H,1-4,10,25H2,(H,26,30)(H,27,28). The van der Waals surface area contributed by atoms with Gasteiger partial charge < -0.3 is 20.8 Å². The van der Waals surface area contributed by atoms with Crippen molar-refractivity contribution in [2.75, 3.05) is 5.32 Å². The topological polar surface area (TPSA) is 108 Å². The third-order valence-corrected chi connectivity index (χ3v) is 6.03. The van der Waals surface area contributed by atoms with Gasteiger partial charge in [-0.2, -0.15) is 5.26 Å². The summed E-state index contributed by atoms with van der Waals surface area (Å²) in [4.78, 5) is 17.0. The number of nitriles is 1. The molecule has 3 aromatic heterocycles. The minimum atomic E-state index is -0.500. The largest absolute Gasteiger partial charge is 0.363 e. The predicted molar refractivity (Wildman–Crippen MR) is 110 cm³/mol. The molecular weight excluding hydrogens is 383 g/mol. The Morgan fingerprint density at radius 1 is 1.33 bits per heavy atom. The first-order valence-electron chi connectivity index (χ1n) is 10.1. The SMILES string of the molecule is N#Cc1ccn2cc(-c3nc(NC4CCCCC4N)c(F)c4c3C(=O)NC4)cc2c1. The third-order valence-electron chi connectivity index (χ3n) is 6.03. The molecule has 1 fully saturated rings. The summed E-state index contributed by atoms with van der Waals surface area (Å²) in [5, 5.41) is 15.1. The molecule has 0 aromatic carbocycles. The van der Waals surface area contributed by atoms with Gasteiger partial charge in [0.15, 0.2) is 11.6 Å². The highest BCUT2D eigenvalue weighted by Gasteiger charge is 2.32. The predicted octanol–water partition coefficient (Wildman–Crippen LogP) is 2.94. The molecule has 0 radical (unpaired) electrons. The van der Waals surface area contributed by atoms with Crippen molar-refractivity contribution in [2.45, 2.75) is 44.3 Å². The monoisotopic (exact) mass is 404 g/mol. The maximum atomic E-state index is 15.2. The first-order valence-corrected chi connectivity index (χ1v) is 10.1. The van der Waals surface area contributed by atoms with E-state index in [-0.39, 0.29) is 35.9 Å². The Balaban J connectivity index is 1.63. The Morgan fingerprint density at radius 3 is 2.97 bits per heavy atom. The highest BCUT2D eigenvalue weighted by molar-refractivity contribution is 6.04. The van der Waals surface area contributed by atoms with E-state index in [1.165, 1.54) is 0 Å². The lowest BCUT2D eigenvalue weighted by Crippen LogP contribution is -2.43. The van der Waals surface area contributed by atoms with Crippen molar-refractivity contribution in [2.24, 2.45) is 5.73 Å². The summed E-state index contributed by atoms with van der Waals surface area (Å²) < 4.78 is 17.1. The Morgan fingerprint density at radius 2 is 2.17 bits per heavy atom. The van der Waals surface area contributed by atoms with E-state index in [2.05, 4.69) is 21.7 Å². The molecule has 152 valence electrons. The molecule has 1 aliphatic carbocycles. The van der Waals surface area contributed by atoms with Crippen LogP contribution >= 0.6 is 0 Å². The minimum Gasteiger partial charge on any atom is -0.363 e. The lowest BCUT2D eigenvalue weighted by Gasteiger charge is -2.30. The smallest absolute Gasteiger partial charge is 0.254 e. The zero-order valence-corrected chi connectivity index (χ0v) is 16.3. The van der Waals surface area contributed by atoms with Crippen LogP contribution in [0.5, 0.6) is 0 Å². The summed E-state index contributed by atoms with van der Waals surface area (Å²) in [5.74, 6) is -0.698. The number of anilines is 1. The van der Waals surface area contributed by atoms with Crippen molar-refractivity contribution in [3.63, 3.8) is 0 Å². The lowest BCUT2D eigenvalue weighted by atomic mass is 9.91. The highest BCUT2D eigenvalue weighted by Crippen LogP contribution is 2.34. The Hall–Kier alpha value is -3.44. The molecule has 2 unspecified atom stereocenters. The summed E-state index contributed by atoms with van der Waals surface area (Å²) >= 11 is 0. The molecule has 7 nitrogen and oxygen atoms in total. The van der Waals surface area contributed by atoms with Crippen LogP contribution in [0.15, 0.2) is 30.6 Å². The third kappa shape index (κ3) is 2.99. The van der Waals surface area contributed by atoms with E-state index in [9.17, 15) is 4.79 Å². The van der Waals surface area contributed by atoms with Gasteiger partial charge >= 0.3 is 0 Å². The molecule has 0 bridgehead atoms. The van der Waals surface area contributed by atoms with E-state index in [4.69, 9.17) is 11.0 Å². The molecule has 0 saturated heterocycles. The summed E-state index contributed by atoms with van der Waals surface area (Å²) in [7, 11) is 0. The van der Waals surface area contributed by atoms with Gasteiger partial charge in [-0.1, -0.05) is 12.8 Å². The number of aromatic nitrogens is 2. The Bertz CT molecular complexity index is 1210. The molecule has 3 aromatic rings. The number of carbonyl (C=O) groups is 1. The number of fused-ring (bicyclic) bond motifs is 2. The van der Waals surface area contributed by atoms with Crippen LogP contribution in [-0.4, -0.2) is 27.4 Å². The van der Waals surface area contributed by atoms with Crippen LogP contribution in [0.2, 0.25) is 0 Å². The second kappa shape index (κ2) is 7.11. The molecule has 0 spiro atoms. The summed E-state index contributed by atoms with van der Waals surface area (Å²) in [5.41, 5.74) is 9.27. The summed E-state index contributed by atoms with van der Waals surface area (Å²) in [6.07, 6.45) is 7.48. The Labute approximate surface area is 172 Å². The molecule has 2 aliphatic rings. The molecule has 1 saturated carbocycles. The fourth-order valence-corrected chi connectivity index (χ4v) is 4.41. The molecule has 1 amide bonds. The number of hydrogen-bond acceptors (Lipinski definition) is 5. The quantitative estimate of drug-likeness (QED) is 0.622. The average molecular weight is 404 g/mol. The van der Waals surface area contributed by atoms with Gasteiger partial charge in [0, 0.05) is 47.7 Å². The van der Waals surface area contributed by atoms with Gasteiger partial charge in [0.05, 0.1) is 22.9 Å². The maximum absolute atomic E-state index is 15.2. The fraction of sp³-hybridized carbons (Fsp3) is 0.318. The van der Waals surface area contributed by atoms with Gasteiger partial charge in [0.25, 0.3) is 5.91 Å². The normalized spacial score (nSPS) is 20.6. The molecule has 8 heteroatoms. The van der Waals surface area contributed by atoms with E-state index in [0.717, 1.165) is 31.2 Å². The number of nitrogens with zero attached hydrogens (tertiary/aromatic N) is 3. The van der Waals surface area contributed by atoms with Crippen LogP contribution in [0.25, 0.3) is 16.8 Å². The van der Waals surface area contributed by atoms with Gasteiger partial charge in [-0.25, -0.2) is 9.37 Å². The molecule has 4 heterocycles. The number of nitrogens with one attached hydrogen (secondary N) is 2. The van der Waals surface area contributed by atoms with E-state index in [1.807, 2.05) is 16.7 Å². The van der Waals surface area contributed by atoms with Crippen molar-refractivity contribution < 1.29 is 9.18 Å². The zero-order chi connectivity index (χ0) is 20.8. The minimum absolute atomic E-state index is 0.0528. The van der Waals surface area contributed by atoms with E-state index >= 15 is 4.39 Å². The van der Waals surface area contributed by atoms with Crippen LogP contribution in [0, 0.1) is 17.1 Å². The van der Waals surface area contributed by atoms with Crippen molar-refractivity contribution in [1.82, 2.24) is 14.7 Å². The molecule has 4 N–H and O–H groups in total. The first kappa shape index (κ1) is 18.6. The van der Waals surface area contributed by atoms with Crippen LogP contribution in [0.1, 0.15) is 47.2 Å². The number of nitrogens with two attached hydrogens (primary N) is 1. The zero-order valence-electron chi connectivity index (χ0n) is 16.3. The number of pyridine rings is 2. The number of halogens is 1. The van der Waals surface area contributed by atoms with Crippen LogP contribution < -0.4 is 16.4 Å². The Kier molecular flexibility index (Phi) is 4.40. The summed E-state index contributed by atoms with van der Waals surface area (Å²) in [6, 6.07) is 7.33. The summed E-state index contributed by atoms with van der Waals surface area (Å²) in [6.45, 7) is 0.132. The second-order valence-electron chi connectivity index (χ2n) is 7.95. The van der Waals surface area contributed by atoms with Crippen molar-refractivity contribution in [3.8, 4) is 17.3 Å². The average Bonchev–Trinajstić information content (AvgIpc) is 3.35. The molecule has 30 heavy (non-hydrogen) atoms. The molecular formula is C22H21FN6O. The second-order valence-corrected chi connectivity index (χ2v) is 7.95. The van der Waals surface area contributed by atoms with Crippen molar-refractivity contribution in [3.05, 3.63) is 53.1 Å². The first-order chi connectivity index (χ1) is 14.5. The highest BCUT2D eigenvalue weighted by atomic mass is 19.1. The van der Waals surface area contributed by atoms with E-state index < -0.39 is 5.82 Å². The number of hydrogen-bond donors (Lipinski definition) is 3. The van der Waals surface area contributed by atoms with E-state index in [1.54, 1.807) is 18.3 Å². The number of amides is 1. The molecule has 5 rings (SSSR count). The van der Waals surface area contributed by atoms with Gasteiger partial charge in [0.2, 0.25) is 0 Å². The van der Waals surface area contributed by atoms with Crippen LogP contribution in [0.4, 0.5) is 10.2 Å². The van der Waals surface area contributed by atoms with Crippen molar-refractivity contribution >= 4 is 17.2 Å². The van der Waals surface area contributed by atoms with Crippen LogP contribution in [-0.2, 0) is 6.54 Å².